The van der Waals surface area contributed by atoms with Gasteiger partial charge in [0, 0.05) is 44.5 Å². The number of aryl methyl sites for hydroxylation is 1. The van der Waals surface area contributed by atoms with Crippen LogP contribution in [0.25, 0.3) is 0 Å². The second-order valence-electron chi connectivity index (χ2n) is 10.7. The van der Waals surface area contributed by atoms with Gasteiger partial charge >= 0.3 is 0 Å². The summed E-state index contributed by atoms with van der Waals surface area (Å²) in [5.41, 5.74) is 1.55. The van der Waals surface area contributed by atoms with Crippen molar-refractivity contribution in [3.8, 4) is 5.75 Å². The molecular formula is C30H40N4O3. The SMILES string of the molecule is CCN1CCOc2ccccc2CCCCC2(CCN(C(=O)c3ccnc(N4CCCC4)c3)CC2)C1=O. The van der Waals surface area contributed by atoms with Crippen molar-refractivity contribution in [2.24, 2.45) is 5.41 Å². The first kappa shape index (κ1) is 25.6. The lowest BCUT2D eigenvalue weighted by molar-refractivity contribution is -0.145. The summed E-state index contributed by atoms with van der Waals surface area (Å²) < 4.78 is 6.11. The maximum Gasteiger partial charge on any atom is 0.254 e. The summed E-state index contributed by atoms with van der Waals surface area (Å²) in [7, 11) is 0. The van der Waals surface area contributed by atoms with Gasteiger partial charge in [-0.2, -0.15) is 0 Å². The third-order valence-electron chi connectivity index (χ3n) is 8.50. The fraction of sp³-hybridized carbons (Fsp3) is 0.567. The minimum absolute atomic E-state index is 0.0515. The maximum atomic E-state index is 13.9. The van der Waals surface area contributed by atoms with Gasteiger partial charge in [0.1, 0.15) is 18.2 Å². The minimum Gasteiger partial charge on any atom is -0.491 e. The number of aromatic nitrogens is 1. The monoisotopic (exact) mass is 504 g/mol. The minimum atomic E-state index is -0.398. The van der Waals surface area contributed by atoms with Crippen LogP contribution in [0, 0.1) is 5.41 Å². The van der Waals surface area contributed by atoms with E-state index in [1.807, 2.05) is 41.0 Å². The number of ether oxygens (including phenoxy) is 1. The summed E-state index contributed by atoms with van der Waals surface area (Å²) in [5, 5.41) is 0. The van der Waals surface area contributed by atoms with Crippen molar-refractivity contribution in [2.75, 3.05) is 50.8 Å². The number of pyridine rings is 1. The van der Waals surface area contributed by atoms with Crippen molar-refractivity contribution in [1.82, 2.24) is 14.8 Å². The van der Waals surface area contributed by atoms with Crippen LogP contribution in [0.4, 0.5) is 5.82 Å². The number of para-hydroxylation sites is 1. The third kappa shape index (κ3) is 5.60. The van der Waals surface area contributed by atoms with Gasteiger partial charge < -0.3 is 19.4 Å². The zero-order valence-electron chi connectivity index (χ0n) is 22.2. The normalized spacial score (nSPS) is 20.7. The zero-order valence-corrected chi connectivity index (χ0v) is 22.2. The van der Waals surface area contributed by atoms with E-state index in [1.54, 1.807) is 6.20 Å². The first-order valence-electron chi connectivity index (χ1n) is 14.1. The van der Waals surface area contributed by atoms with E-state index in [1.165, 1.54) is 18.4 Å². The highest BCUT2D eigenvalue weighted by Gasteiger charge is 2.43. The van der Waals surface area contributed by atoms with Crippen molar-refractivity contribution in [1.29, 1.82) is 0 Å². The molecule has 0 unspecified atom stereocenters. The molecule has 0 bridgehead atoms. The smallest absolute Gasteiger partial charge is 0.254 e. The highest BCUT2D eigenvalue weighted by molar-refractivity contribution is 5.95. The molecule has 0 N–H and O–H groups in total. The van der Waals surface area contributed by atoms with E-state index in [2.05, 4.69) is 22.0 Å². The highest BCUT2D eigenvalue weighted by Crippen LogP contribution is 2.40. The van der Waals surface area contributed by atoms with Gasteiger partial charge in [0.05, 0.1) is 12.0 Å². The van der Waals surface area contributed by atoms with Crippen molar-refractivity contribution < 1.29 is 14.3 Å². The average molecular weight is 505 g/mol. The molecule has 2 fully saturated rings. The fourth-order valence-corrected chi connectivity index (χ4v) is 6.20. The predicted molar refractivity (Wildman–Crippen MR) is 145 cm³/mol. The largest absolute Gasteiger partial charge is 0.491 e. The molecule has 2 saturated heterocycles. The Morgan fingerprint density at radius 1 is 0.973 bits per heavy atom. The van der Waals surface area contributed by atoms with Crippen LogP contribution in [0.1, 0.15) is 67.8 Å². The molecule has 4 heterocycles. The first-order valence-corrected chi connectivity index (χ1v) is 14.1. The van der Waals surface area contributed by atoms with Crippen LogP contribution < -0.4 is 9.64 Å². The van der Waals surface area contributed by atoms with Gasteiger partial charge in [0.2, 0.25) is 5.91 Å². The van der Waals surface area contributed by atoms with Gasteiger partial charge in [-0.15, -0.1) is 0 Å². The van der Waals surface area contributed by atoms with Gasteiger partial charge in [0.25, 0.3) is 5.91 Å². The number of piperidine rings is 1. The lowest BCUT2D eigenvalue weighted by atomic mass is 9.73. The molecule has 198 valence electrons. The molecule has 1 spiro atoms. The van der Waals surface area contributed by atoms with Crippen LogP contribution in [-0.4, -0.2) is 72.5 Å². The third-order valence-corrected chi connectivity index (χ3v) is 8.50. The van der Waals surface area contributed by atoms with Crippen LogP contribution in [-0.2, 0) is 11.2 Å². The van der Waals surface area contributed by atoms with Crippen molar-refractivity contribution >= 4 is 17.6 Å². The lowest BCUT2D eigenvalue weighted by Gasteiger charge is -2.43. The van der Waals surface area contributed by atoms with Crippen molar-refractivity contribution in [2.45, 2.75) is 58.3 Å². The molecule has 3 aliphatic rings. The lowest BCUT2D eigenvalue weighted by Crippen LogP contribution is -2.52. The van der Waals surface area contributed by atoms with Crippen molar-refractivity contribution in [3.05, 3.63) is 53.7 Å². The van der Waals surface area contributed by atoms with Gasteiger partial charge in [-0.3, -0.25) is 9.59 Å². The van der Waals surface area contributed by atoms with Gasteiger partial charge in [-0.25, -0.2) is 4.98 Å². The number of rotatable bonds is 3. The standard InChI is InChI=1S/C30H40N4O3/c1-2-32-21-22-37-26-11-4-3-9-24(26)10-5-6-13-30(29(32)36)14-19-34(20-15-30)28(35)25-12-16-31-27(23-25)33-17-7-8-18-33/h3-4,9,11-12,16,23H,2,5-8,10,13-15,17-22H2,1H3. The Labute approximate surface area is 220 Å². The molecule has 0 aliphatic carbocycles. The summed E-state index contributed by atoms with van der Waals surface area (Å²) in [4.78, 5) is 38.0. The predicted octanol–water partition coefficient (Wildman–Crippen LogP) is 4.56. The molecular weight excluding hydrogens is 464 g/mol. The van der Waals surface area contributed by atoms with Crippen LogP contribution in [0.15, 0.2) is 42.6 Å². The highest BCUT2D eigenvalue weighted by atomic mass is 16.5. The summed E-state index contributed by atoms with van der Waals surface area (Å²) in [6.07, 6.45) is 9.40. The number of fused-ring (bicyclic) bond motifs is 1. The molecule has 3 aliphatic heterocycles. The summed E-state index contributed by atoms with van der Waals surface area (Å²) >= 11 is 0. The van der Waals surface area contributed by atoms with Gasteiger partial charge in [-0.1, -0.05) is 24.6 Å². The molecule has 0 saturated carbocycles. The number of benzene rings is 1. The molecule has 7 nitrogen and oxygen atoms in total. The van der Waals surface area contributed by atoms with E-state index in [0.29, 0.717) is 38.3 Å². The number of hydrogen-bond acceptors (Lipinski definition) is 5. The van der Waals surface area contributed by atoms with Gasteiger partial charge in [0.15, 0.2) is 0 Å². The van der Waals surface area contributed by atoms with E-state index in [9.17, 15) is 9.59 Å². The van der Waals surface area contributed by atoms with E-state index < -0.39 is 5.41 Å². The zero-order chi connectivity index (χ0) is 25.7. The molecule has 37 heavy (non-hydrogen) atoms. The van der Waals surface area contributed by atoms with Crippen molar-refractivity contribution in [3.63, 3.8) is 0 Å². The molecule has 5 rings (SSSR count). The van der Waals surface area contributed by atoms with Crippen LogP contribution in [0.5, 0.6) is 5.75 Å². The molecule has 7 heteroatoms. The number of anilines is 1. The van der Waals surface area contributed by atoms with Gasteiger partial charge in [-0.05, 0) is 75.6 Å². The number of amides is 2. The van der Waals surface area contributed by atoms with E-state index in [-0.39, 0.29) is 11.8 Å². The number of likely N-dealkylation sites (tertiary alicyclic amines) is 1. The Hall–Kier alpha value is -3.09. The molecule has 2 amide bonds. The molecule has 0 atom stereocenters. The number of carbonyl (C=O) groups excluding carboxylic acids is 2. The molecule has 0 radical (unpaired) electrons. The number of likely N-dealkylation sites (N-methyl/N-ethyl adjacent to an activating group) is 1. The molecule has 1 aromatic carbocycles. The van der Waals surface area contributed by atoms with Crippen LogP contribution in [0.3, 0.4) is 0 Å². The second-order valence-corrected chi connectivity index (χ2v) is 10.7. The first-order chi connectivity index (χ1) is 18.1. The Morgan fingerprint density at radius 2 is 1.76 bits per heavy atom. The maximum absolute atomic E-state index is 13.9. The fourth-order valence-electron chi connectivity index (χ4n) is 6.20. The van der Waals surface area contributed by atoms with E-state index >= 15 is 0 Å². The number of nitrogens with zero attached hydrogens (tertiary/aromatic N) is 4. The Balaban J connectivity index is 1.28. The van der Waals surface area contributed by atoms with E-state index in [4.69, 9.17) is 4.74 Å². The summed E-state index contributed by atoms with van der Waals surface area (Å²) in [5.74, 6) is 2.13. The number of carbonyl (C=O) groups is 2. The topological polar surface area (TPSA) is 66.0 Å². The average Bonchev–Trinajstić information content (AvgIpc) is 3.49. The number of hydrogen-bond donors (Lipinski definition) is 0. The Morgan fingerprint density at radius 3 is 2.54 bits per heavy atom. The second kappa shape index (κ2) is 11.5. The van der Waals surface area contributed by atoms with E-state index in [0.717, 1.165) is 63.2 Å². The molecule has 1 aromatic heterocycles. The summed E-state index contributed by atoms with van der Waals surface area (Å²) in [6, 6.07) is 12.0. The quantitative estimate of drug-likeness (QED) is 0.613. The van der Waals surface area contributed by atoms with Crippen LogP contribution >= 0.6 is 0 Å². The Bertz CT molecular complexity index is 1090. The Kier molecular flexibility index (Phi) is 7.96. The summed E-state index contributed by atoms with van der Waals surface area (Å²) in [6.45, 7) is 7.04. The molecule has 2 aromatic rings. The van der Waals surface area contributed by atoms with Crippen LogP contribution in [0.2, 0.25) is 0 Å².